The number of fused-ring (bicyclic) bond motifs is 1. The second kappa shape index (κ2) is 6.26. The van der Waals surface area contributed by atoms with Gasteiger partial charge >= 0.3 is 0 Å². The predicted octanol–water partition coefficient (Wildman–Crippen LogP) is 2.08. The van der Waals surface area contributed by atoms with E-state index in [-0.39, 0.29) is 5.91 Å². The van der Waals surface area contributed by atoms with Crippen LogP contribution in [0.15, 0.2) is 24.4 Å². The molecule has 0 aliphatic carbocycles. The summed E-state index contributed by atoms with van der Waals surface area (Å²) in [4.78, 5) is 16.5. The molecule has 2 aromatic rings. The molecule has 0 bridgehead atoms. The van der Waals surface area contributed by atoms with Crippen LogP contribution < -0.4 is 5.32 Å². The Morgan fingerprint density at radius 1 is 1.52 bits per heavy atom. The average Bonchev–Trinajstić information content (AvgIpc) is 2.91. The van der Waals surface area contributed by atoms with E-state index in [1.54, 1.807) is 0 Å². The van der Waals surface area contributed by atoms with Crippen molar-refractivity contribution in [2.75, 3.05) is 13.2 Å². The Bertz CT molecular complexity index is 629. The highest BCUT2D eigenvalue weighted by Crippen LogP contribution is 2.17. The monoisotopic (exact) mass is 287 g/mol. The van der Waals surface area contributed by atoms with Crippen LogP contribution in [-0.4, -0.2) is 28.5 Å². The average molecular weight is 287 g/mol. The van der Waals surface area contributed by atoms with Crippen LogP contribution in [0.1, 0.15) is 30.7 Å². The first kappa shape index (κ1) is 14.1. The van der Waals surface area contributed by atoms with E-state index in [1.807, 2.05) is 35.7 Å². The summed E-state index contributed by atoms with van der Waals surface area (Å²) in [5.74, 6) is 0.446. The molecule has 1 aliphatic rings. The number of hydrogen-bond donors (Lipinski definition) is 1. The normalized spacial score (nSPS) is 18.8. The van der Waals surface area contributed by atoms with E-state index in [0.29, 0.717) is 25.5 Å². The maximum Gasteiger partial charge on any atom is 0.220 e. The Balaban J connectivity index is 1.55. The lowest BCUT2D eigenvalue weighted by Crippen LogP contribution is -2.28. The van der Waals surface area contributed by atoms with Gasteiger partial charge in [0.05, 0.1) is 12.2 Å². The molecule has 0 radical (unpaired) electrons. The molecule has 0 unspecified atom stereocenters. The first-order valence-electron chi connectivity index (χ1n) is 7.50. The molecule has 3 heterocycles. The molecule has 3 rings (SSSR count). The molecule has 5 heteroatoms. The Labute approximate surface area is 124 Å². The van der Waals surface area contributed by atoms with Crippen LogP contribution >= 0.6 is 0 Å². The van der Waals surface area contributed by atoms with Crippen molar-refractivity contribution in [2.24, 2.45) is 5.92 Å². The fraction of sp³-hybridized carbons (Fsp3) is 0.500. The Morgan fingerprint density at radius 3 is 3.19 bits per heavy atom. The van der Waals surface area contributed by atoms with Gasteiger partial charge in [-0.1, -0.05) is 6.07 Å². The molecule has 1 aliphatic heterocycles. The first-order chi connectivity index (χ1) is 10.2. The quantitative estimate of drug-likeness (QED) is 0.936. The number of imidazole rings is 1. The maximum atomic E-state index is 12.0. The number of nitrogens with one attached hydrogen (secondary N) is 1. The molecule has 21 heavy (non-hydrogen) atoms. The highest BCUT2D eigenvalue weighted by atomic mass is 16.5. The number of carbonyl (C=O) groups excluding carboxylic acids is 1. The van der Waals surface area contributed by atoms with Gasteiger partial charge < -0.3 is 14.5 Å². The van der Waals surface area contributed by atoms with Crippen molar-refractivity contribution in [3.05, 3.63) is 35.8 Å². The van der Waals surface area contributed by atoms with Gasteiger partial charge in [0.25, 0.3) is 0 Å². The number of hydrogen-bond acceptors (Lipinski definition) is 3. The Kier molecular flexibility index (Phi) is 4.20. The van der Waals surface area contributed by atoms with Crippen LogP contribution in [0.2, 0.25) is 0 Å². The molecule has 1 fully saturated rings. The minimum Gasteiger partial charge on any atom is -0.381 e. The van der Waals surface area contributed by atoms with Gasteiger partial charge in [-0.3, -0.25) is 4.79 Å². The topological polar surface area (TPSA) is 55.6 Å². The fourth-order valence-electron chi connectivity index (χ4n) is 2.78. The minimum atomic E-state index is 0.0827. The molecule has 2 aromatic heterocycles. The summed E-state index contributed by atoms with van der Waals surface area (Å²) in [7, 11) is 0. The molecule has 1 N–H and O–H groups in total. The van der Waals surface area contributed by atoms with Crippen molar-refractivity contribution < 1.29 is 9.53 Å². The second-order valence-electron chi connectivity index (χ2n) is 5.69. The molecule has 1 amide bonds. The van der Waals surface area contributed by atoms with Crippen molar-refractivity contribution in [1.29, 1.82) is 0 Å². The fourth-order valence-corrected chi connectivity index (χ4v) is 2.78. The van der Waals surface area contributed by atoms with Gasteiger partial charge in [0.15, 0.2) is 0 Å². The third-order valence-electron chi connectivity index (χ3n) is 3.94. The highest BCUT2D eigenvalue weighted by molar-refractivity contribution is 5.76. The van der Waals surface area contributed by atoms with Gasteiger partial charge in [-0.15, -0.1) is 0 Å². The standard InChI is InChI=1S/C16H21N3O2/c1-12-4-2-6-15-18-14(10-19(12)15)9-17-16(20)8-13-5-3-7-21-11-13/h2,4,6,10,13H,3,5,7-9,11H2,1H3,(H,17,20)/t13-/m0/s1. The lowest BCUT2D eigenvalue weighted by atomic mass is 9.98. The number of aryl methyl sites for hydroxylation is 1. The van der Waals surface area contributed by atoms with Gasteiger partial charge in [-0.2, -0.15) is 0 Å². The molecule has 0 saturated carbocycles. The van der Waals surface area contributed by atoms with Crippen LogP contribution in [0.3, 0.4) is 0 Å². The van der Waals surface area contributed by atoms with E-state index in [4.69, 9.17) is 4.74 Å². The van der Waals surface area contributed by atoms with E-state index in [2.05, 4.69) is 10.3 Å². The number of pyridine rings is 1. The summed E-state index contributed by atoms with van der Waals surface area (Å²) < 4.78 is 7.44. The van der Waals surface area contributed by atoms with Crippen molar-refractivity contribution in [3.8, 4) is 0 Å². The zero-order valence-electron chi connectivity index (χ0n) is 12.3. The summed E-state index contributed by atoms with van der Waals surface area (Å²) in [6.07, 6.45) is 4.67. The van der Waals surface area contributed by atoms with Crippen molar-refractivity contribution >= 4 is 11.6 Å². The minimum absolute atomic E-state index is 0.0827. The van der Waals surface area contributed by atoms with Crippen LogP contribution in [0, 0.1) is 12.8 Å². The molecule has 0 aromatic carbocycles. The SMILES string of the molecule is Cc1cccc2nc(CNC(=O)C[C@@H]3CCCOC3)cn12. The lowest BCUT2D eigenvalue weighted by molar-refractivity contribution is -0.123. The van der Waals surface area contributed by atoms with Crippen LogP contribution in [-0.2, 0) is 16.1 Å². The number of carbonyl (C=O) groups is 1. The Hall–Kier alpha value is -1.88. The van der Waals surface area contributed by atoms with Crippen molar-refractivity contribution in [2.45, 2.75) is 32.7 Å². The van der Waals surface area contributed by atoms with E-state index in [1.165, 1.54) is 0 Å². The zero-order chi connectivity index (χ0) is 14.7. The van der Waals surface area contributed by atoms with Gasteiger partial charge in [-0.05, 0) is 37.8 Å². The van der Waals surface area contributed by atoms with Gasteiger partial charge in [0, 0.05) is 31.5 Å². The molecule has 112 valence electrons. The number of rotatable bonds is 4. The molecule has 0 spiro atoms. The summed E-state index contributed by atoms with van der Waals surface area (Å²) in [6.45, 7) is 4.06. The third kappa shape index (κ3) is 3.42. The van der Waals surface area contributed by atoms with Crippen LogP contribution in [0.25, 0.3) is 5.65 Å². The third-order valence-corrected chi connectivity index (χ3v) is 3.94. The van der Waals surface area contributed by atoms with Crippen LogP contribution in [0.4, 0.5) is 0 Å². The number of amides is 1. The Morgan fingerprint density at radius 2 is 2.43 bits per heavy atom. The highest BCUT2D eigenvalue weighted by Gasteiger charge is 2.17. The molecular formula is C16H21N3O2. The van der Waals surface area contributed by atoms with Gasteiger partial charge in [-0.25, -0.2) is 4.98 Å². The van der Waals surface area contributed by atoms with Gasteiger partial charge in [0.1, 0.15) is 5.65 Å². The van der Waals surface area contributed by atoms with E-state index >= 15 is 0 Å². The largest absolute Gasteiger partial charge is 0.381 e. The summed E-state index contributed by atoms with van der Waals surface area (Å²) >= 11 is 0. The summed E-state index contributed by atoms with van der Waals surface area (Å²) in [5.41, 5.74) is 2.94. The summed E-state index contributed by atoms with van der Waals surface area (Å²) in [6, 6.07) is 6.00. The smallest absolute Gasteiger partial charge is 0.220 e. The maximum absolute atomic E-state index is 12.0. The molecule has 5 nitrogen and oxygen atoms in total. The molecule has 1 atom stereocenters. The van der Waals surface area contributed by atoms with E-state index in [0.717, 1.165) is 36.5 Å². The van der Waals surface area contributed by atoms with Crippen LogP contribution in [0.5, 0.6) is 0 Å². The predicted molar refractivity (Wildman–Crippen MR) is 79.9 cm³/mol. The first-order valence-corrected chi connectivity index (χ1v) is 7.50. The number of ether oxygens (including phenoxy) is 1. The molecular weight excluding hydrogens is 266 g/mol. The zero-order valence-corrected chi connectivity index (χ0v) is 12.3. The molecule has 1 saturated heterocycles. The van der Waals surface area contributed by atoms with Crippen molar-refractivity contribution in [1.82, 2.24) is 14.7 Å². The number of aromatic nitrogens is 2. The number of nitrogens with zero attached hydrogens (tertiary/aromatic N) is 2. The van der Waals surface area contributed by atoms with E-state index < -0.39 is 0 Å². The van der Waals surface area contributed by atoms with Crippen molar-refractivity contribution in [3.63, 3.8) is 0 Å². The van der Waals surface area contributed by atoms with E-state index in [9.17, 15) is 4.79 Å². The van der Waals surface area contributed by atoms with Gasteiger partial charge in [0.2, 0.25) is 5.91 Å². The second-order valence-corrected chi connectivity index (χ2v) is 5.69. The lowest BCUT2D eigenvalue weighted by Gasteiger charge is -2.21. The summed E-state index contributed by atoms with van der Waals surface area (Å²) in [5, 5.41) is 2.96.